The smallest absolute Gasteiger partial charge is 0.306 e. The number of hydrogen-bond donors (Lipinski definition) is 0. The number of carbonyl (C=O) groups is 1. The SMILES string of the molecule is CC(C)(C)OC(=O)CCC1CC(CC2CC23CCc2ccc(Cl)cc23)C1. The fourth-order valence-electron chi connectivity index (χ4n) is 5.47. The molecule has 2 nitrogen and oxygen atoms in total. The van der Waals surface area contributed by atoms with E-state index in [9.17, 15) is 4.79 Å². The van der Waals surface area contributed by atoms with Gasteiger partial charge in [0.1, 0.15) is 5.60 Å². The van der Waals surface area contributed by atoms with Gasteiger partial charge in [-0.25, -0.2) is 0 Å². The summed E-state index contributed by atoms with van der Waals surface area (Å²) in [6.07, 6.45) is 9.46. The highest BCUT2D eigenvalue weighted by Gasteiger charge is 2.58. The van der Waals surface area contributed by atoms with Gasteiger partial charge in [0.25, 0.3) is 0 Å². The van der Waals surface area contributed by atoms with Crippen molar-refractivity contribution in [3.63, 3.8) is 0 Å². The molecule has 2 fully saturated rings. The van der Waals surface area contributed by atoms with Crippen LogP contribution >= 0.6 is 11.6 Å². The van der Waals surface area contributed by atoms with Crippen molar-refractivity contribution in [1.82, 2.24) is 0 Å². The van der Waals surface area contributed by atoms with Gasteiger partial charge in [0.05, 0.1) is 0 Å². The Morgan fingerprint density at radius 2 is 2.04 bits per heavy atom. The van der Waals surface area contributed by atoms with E-state index in [0.717, 1.165) is 29.2 Å². The molecule has 142 valence electrons. The van der Waals surface area contributed by atoms with Crippen LogP contribution in [0.5, 0.6) is 0 Å². The average Bonchev–Trinajstić information content (AvgIpc) is 3.08. The van der Waals surface area contributed by atoms with Gasteiger partial charge >= 0.3 is 5.97 Å². The zero-order valence-electron chi connectivity index (χ0n) is 16.3. The van der Waals surface area contributed by atoms with Crippen LogP contribution in [0.2, 0.25) is 5.02 Å². The first-order valence-corrected chi connectivity index (χ1v) is 10.6. The second-order valence-corrected chi connectivity index (χ2v) is 10.4. The maximum absolute atomic E-state index is 11.9. The topological polar surface area (TPSA) is 26.3 Å². The van der Waals surface area contributed by atoms with Gasteiger partial charge in [-0.15, -0.1) is 0 Å². The predicted octanol–water partition coefficient (Wildman–Crippen LogP) is 6.08. The third-order valence-corrected chi connectivity index (χ3v) is 7.04. The second kappa shape index (κ2) is 6.55. The molecular weight excluding hydrogens is 344 g/mol. The minimum atomic E-state index is -0.361. The molecule has 0 radical (unpaired) electrons. The van der Waals surface area contributed by atoms with E-state index in [4.69, 9.17) is 16.3 Å². The van der Waals surface area contributed by atoms with Gasteiger partial charge in [0, 0.05) is 11.4 Å². The van der Waals surface area contributed by atoms with Crippen molar-refractivity contribution in [3.05, 3.63) is 34.3 Å². The van der Waals surface area contributed by atoms with Crippen LogP contribution in [-0.2, 0) is 21.4 Å². The van der Waals surface area contributed by atoms with E-state index < -0.39 is 0 Å². The van der Waals surface area contributed by atoms with Crippen LogP contribution in [0.1, 0.15) is 76.8 Å². The maximum atomic E-state index is 11.9. The van der Waals surface area contributed by atoms with Crippen LogP contribution in [0.4, 0.5) is 0 Å². The van der Waals surface area contributed by atoms with Crippen molar-refractivity contribution in [2.75, 3.05) is 0 Å². The summed E-state index contributed by atoms with van der Waals surface area (Å²) in [7, 11) is 0. The molecule has 26 heavy (non-hydrogen) atoms. The van der Waals surface area contributed by atoms with Crippen LogP contribution in [0, 0.1) is 17.8 Å². The van der Waals surface area contributed by atoms with Gasteiger partial charge in [-0.05, 0) is 112 Å². The fraction of sp³-hybridized carbons (Fsp3) is 0.696. The monoisotopic (exact) mass is 374 g/mol. The first kappa shape index (κ1) is 18.3. The predicted molar refractivity (Wildman–Crippen MR) is 105 cm³/mol. The third-order valence-electron chi connectivity index (χ3n) is 6.81. The Morgan fingerprint density at radius 3 is 2.77 bits per heavy atom. The Morgan fingerprint density at radius 1 is 1.27 bits per heavy atom. The molecule has 2 atom stereocenters. The van der Waals surface area contributed by atoms with E-state index in [0.29, 0.717) is 11.8 Å². The zero-order chi connectivity index (χ0) is 18.5. The number of ether oxygens (including phenoxy) is 1. The number of fused-ring (bicyclic) bond motifs is 2. The van der Waals surface area contributed by atoms with Crippen molar-refractivity contribution >= 4 is 17.6 Å². The molecule has 0 aromatic heterocycles. The first-order chi connectivity index (χ1) is 12.2. The summed E-state index contributed by atoms with van der Waals surface area (Å²) in [5, 5.41) is 0.890. The van der Waals surface area contributed by atoms with Gasteiger partial charge in [-0.2, -0.15) is 0 Å². The Balaban J connectivity index is 1.21. The fourth-order valence-corrected chi connectivity index (χ4v) is 5.64. The lowest BCUT2D eigenvalue weighted by atomic mass is 9.70. The van der Waals surface area contributed by atoms with E-state index >= 15 is 0 Å². The van der Waals surface area contributed by atoms with E-state index in [1.807, 2.05) is 26.8 Å². The van der Waals surface area contributed by atoms with Gasteiger partial charge in [-0.1, -0.05) is 17.7 Å². The molecule has 2 saturated carbocycles. The lowest BCUT2D eigenvalue weighted by Crippen LogP contribution is -2.27. The summed E-state index contributed by atoms with van der Waals surface area (Å²) in [5.74, 6) is 2.42. The Labute approximate surface area is 162 Å². The number of halogens is 1. The second-order valence-electron chi connectivity index (χ2n) is 9.92. The lowest BCUT2D eigenvalue weighted by Gasteiger charge is -2.36. The molecule has 1 aromatic rings. The lowest BCUT2D eigenvalue weighted by molar-refractivity contribution is -0.155. The van der Waals surface area contributed by atoms with Crippen LogP contribution in [0.25, 0.3) is 0 Å². The molecule has 0 heterocycles. The molecule has 1 spiro atoms. The van der Waals surface area contributed by atoms with Crippen LogP contribution in [0.15, 0.2) is 18.2 Å². The molecule has 4 rings (SSSR count). The summed E-state index contributed by atoms with van der Waals surface area (Å²) in [5.41, 5.74) is 3.18. The molecule has 3 aliphatic rings. The largest absolute Gasteiger partial charge is 0.460 e. The minimum Gasteiger partial charge on any atom is -0.460 e. The molecule has 0 N–H and O–H groups in total. The summed E-state index contributed by atoms with van der Waals surface area (Å²) in [6, 6.07) is 6.50. The van der Waals surface area contributed by atoms with E-state index in [1.165, 1.54) is 44.1 Å². The van der Waals surface area contributed by atoms with Crippen molar-refractivity contribution in [1.29, 1.82) is 0 Å². The highest BCUT2D eigenvalue weighted by Crippen LogP contribution is 2.65. The Hall–Kier alpha value is -1.02. The van der Waals surface area contributed by atoms with Crippen LogP contribution in [-0.4, -0.2) is 11.6 Å². The quantitative estimate of drug-likeness (QED) is 0.583. The number of aryl methyl sites for hydroxylation is 1. The molecule has 3 aliphatic carbocycles. The summed E-state index contributed by atoms with van der Waals surface area (Å²) in [6.45, 7) is 5.80. The maximum Gasteiger partial charge on any atom is 0.306 e. The van der Waals surface area contributed by atoms with Gasteiger partial charge in [0.15, 0.2) is 0 Å². The molecule has 0 aliphatic heterocycles. The summed E-state index contributed by atoms with van der Waals surface area (Å²) in [4.78, 5) is 11.9. The van der Waals surface area contributed by atoms with Gasteiger partial charge in [-0.3, -0.25) is 4.79 Å². The van der Waals surface area contributed by atoms with E-state index in [2.05, 4.69) is 12.1 Å². The van der Waals surface area contributed by atoms with E-state index in [1.54, 1.807) is 5.56 Å². The summed E-state index contributed by atoms with van der Waals surface area (Å²) >= 11 is 6.25. The molecule has 3 heteroatoms. The highest BCUT2D eigenvalue weighted by molar-refractivity contribution is 6.30. The molecule has 0 saturated heterocycles. The molecule has 2 unspecified atom stereocenters. The van der Waals surface area contributed by atoms with E-state index in [-0.39, 0.29) is 11.6 Å². The Bertz CT molecular complexity index is 699. The van der Waals surface area contributed by atoms with Crippen molar-refractivity contribution in [3.8, 4) is 0 Å². The normalized spacial score (nSPS) is 32.2. The number of benzene rings is 1. The van der Waals surface area contributed by atoms with Crippen molar-refractivity contribution in [2.45, 2.75) is 83.2 Å². The molecule has 0 bridgehead atoms. The number of hydrogen-bond acceptors (Lipinski definition) is 2. The number of rotatable bonds is 5. The first-order valence-electron chi connectivity index (χ1n) is 10.3. The molecular formula is C23H31ClO2. The van der Waals surface area contributed by atoms with Crippen LogP contribution in [0.3, 0.4) is 0 Å². The van der Waals surface area contributed by atoms with Crippen molar-refractivity contribution < 1.29 is 9.53 Å². The zero-order valence-corrected chi connectivity index (χ0v) is 17.1. The average molecular weight is 375 g/mol. The summed E-state index contributed by atoms with van der Waals surface area (Å²) < 4.78 is 5.41. The number of carbonyl (C=O) groups excluding carboxylic acids is 1. The van der Waals surface area contributed by atoms with Gasteiger partial charge in [0.2, 0.25) is 0 Å². The Kier molecular flexibility index (Phi) is 4.62. The minimum absolute atomic E-state index is 0.0402. The van der Waals surface area contributed by atoms with Crippen molar-refractivity contribution in [2.24, 2.45) is 17.8 Å². The van der Waals surface area contributed by atoms with Gasteiger partial charge < -0.3 is 4.74 Å². The highest BCUT2D eigenvalue weighted by atomic mass is 35.5. The molecule has 0 amide bonds. The number of esters is 1. The van der Waals surface area contributed by atoms with Crippen LogP contribution < -0.4 is 0 Å². The molecule has 1 aromatic carbocycles. The third kappa shape index (κ3) is 3.67. The standard InChI is InChI=1S/C23H31ClO2/c1-22(2,3)26-21(25)7-4-15-10-16(11-15)12-18-14-23(18)9-8-17-5-6-19(24)13-20(17)23/h5-6,13,15-16,18H,4,7-12,14H2,1-3H3.